The smallest absolute Gasteiger partial charge is 0.194 e. The van der Waals surface area contributed by atoms with Gasteiger partial charge in [-0.15, -0.1) is 0 Å². The topological polar surface area (TPSA) is 49.5 Å². The number of β-amino-alcohol motifs (C(OH)–C–C–N with tert-alkyl or cyclic N) is 1. The van der Waals surface area contributed by atoms with Gasteiger partial charge in [-0.25, -0.2) is 13.2 Å². The van der Waals surface area contributed by atoms with E-state index in [0.717, 1.165) is 6.07 Å². The van der Waals surface area contributed by atoms with E-state index in [2.05, 4.69) is 0 Å². The Morgan fingerprint density at radius 3 is 2.65 bits per heavy atom. The number of nitrogens with two attached hydrogens (primary N) is 1. The lowest BCUT2D eigenvalue weighted by atomic mass is 10.0. The molecule has 6 heteroatoms. The Morgan fingerprint density at radius 2 is 2.06 bits per heavy atom. The van der Waals surface area contributed by atoms with Gasteiger partial charge in [0.2, 0.25) is 0 Å². The summed E-state index contributed by atoms with van der Waals surface area (Å²) in [5.41, 5.74) is 6.05. The van der Waals surface area contributed by atoms with Crippen molar-refractivity contribution in [1.82, 2.24) is 4.90 Å². The first-order valence-electron chi connectivity index (χ1n) is 5.31. The Balaban J connectivity index is 2.45. The molecule has 1 heterocycles. The van der Waals surface area contributed by atoms with E-state index in [1.54, 1.807) is 4.90 Å². The van der Waals surface area contributed by atoms with Crippen LogP contribution in [0.25, 0.3) is 0 Å². The zero-order chi connectivity index (χ0) is 12.6. The molecule has 17 heavy (non-hydrogen) atoms. The van der Waals surface area contributed by atoms with E-state index in [-0.39, 0.29) is 31.3 Å². The second-order valence-electron chi connectivity index (χ2n) is 4.00. The molecule has 1 aliphatic rings. The van der Waals surface area contributed by atoms with Gasteiger partial charge in [0.25, 0.3) is 0 Å². The van der Waals surface area contributed by atoms with Crippen LogP contribution in [0.2, 0.25) is 0 Å². The Labute approximate surface area is 96.6 Å². The molecule has 3 nitrogen and oxygen atoms in total. The van der Waals surface area contributed by atoms with Crippen LogP contribution in [0.15, 0.2) is 6.07 Å². The van der Waals surface area contributed by atoms with Crippen molar-refractivity contribution in [2.45, 2.75) is 12.6 Å². The number of aliphatic hydroxyl groups is 1. The predicted octanol–water partition coefficient (Wildman–Crippen LogP) is 0.912. The van der Waals surface area contributed by atoms with Crippen LogP contribution in [-0.2, 0) is 6.54 Å². The fourth-order valence-corrected chi connectivity index (χ4v) is 2.26. The van der Waals surface area contributed by atoms with E-state index in [1.165, 1.54) is 0 Å². The first-order chi connectivity index (χ1) is 8.10. The van der Waals surface area contributed by atoms with E-state index < -0.39 is 17.5 Å². The summed E-state index contributed by atoms with van der Waals surface area (Å²) in [6.45, 7) is 0.481. The van der Waals surface area contributed by atoms with Crippen molar-refractivity contribution in [1.29, 1.82) is 0 Å². The summed E-state index contributed by atoms with van der Waals surface area (Å²) in [7, 11) is 0. The molecule has 1 unspecified atom stereocenters. The van der Waals surface area contributed by atoms with Crippen molar-refractivity contribution in [3.63, 3.8) is 0 Å². The quantitative estimate of drug-likeness (QED) is 0.779. The largest absolute Gasteiger partial charge is 0.395 e. The van der Waals surface area contributed by atoms with Gasteiger partial charge < -0.3 is 10.8 Å². The average Bonchev–Trinajstić information content (AvgIpc) is 2.64. The molecule has 0 saturated carbocycles. The van der Waals surface area contributed by atoms with Gasteiger partial charge in [-0.05, 0) is 11.6 Å². The highest BCUT2D eigenvalue weighted by Gasteiger charge is 2.33. The summed E-state index contributed by atoms with van der Waals surface area (Å²) < 4.78 is 39.8. The van der Waals surface area contributed by atoms with Gasteiger partial charge in [-0.2, -0.15) is 0 Å². The lowest BCUT2D eigenvalue weighted by molar-refractivity contribution is 0.163. The molecule has 1 atom stereocenters. The fourth-order valence-electron chi connectivity index (χ4n) is 2.26. The van der Waals surface area contributed by atoms with E-state index >= 15 is 0 Å². The van der Waals surface area contributed by atoms with Gasteiger partial charge in [0, 0.05) is 31.2 Å². The van der Waals surface area contributed by atoms with Crippen molar-refractivity contribution in [3.8, 4) is 0 Å². The number of aliphatic hydroxyl groups excluding tert-OH is 1. The highest BCUT2D eigenvalue weighted by molar-refractivity contribution is 5.37. The molecule has 2 rings (SSSR count). The summed E-state index contributed by atoms with van der Waals surface area (Å²) in [4.78, 5) is 1.70. The Morgan fingerprint density at radius 1 is 1.35 bits per heavy atom. The van der Waals surface area contributed by atoms with E-state index in [4.69, 9.17) is 10.8 Å². The average molecular weight is 246 g/mol. The normalized spacial score (nSPS) is 19.7. The third-order valence-corrected chi connectivity index (χ3v) is 3.07. The van der Waals surface area contributed by atoms with Gasteiger partial charge in [0.05, 0.1) is 6.61 Å². The van der Waals surface area contributed by atoms with Crippen LogP contribution in [0.5, 0.6) is 0 Å². The number of nitrogens with zero attached hydrogens (tertiary/aromatic N) is 1. The predicted molar refractivity (Wildman–Crippen MR) is 55.6 cm³/mol. The van der Waals surface area contributed by atoms with Crippen molar-refractivity contribution in [2.24, 2.45) is 5.73 Å². The molecule has 1 aliphatic heterocycles. The standard InChI is InChI=1S/C11H13F3N2O/c12-8-3-6-7(10(13)11(8)14)5-16(1-2-17)9(6)4-15/h3,9,17H,1-2,4-5,15H2. The van der Waals surface area contributed by atoms with Crippen LogP contribution in [0.1, 0.15) is 17.2 Å². The van der Waals surface area contributed by atoms with Crippen molar-refractivity contribution < 1.29 is 18.3 Å². The number of hydrogen-bond donors (Lipinski definition) is 2. The monoisotopic (exact) mass is 246 g/mol. The lowest BCUT2D eigenvalue weighted by Gasteiger charge is -2.22. The van der Waals surface area contributed by atoms with Crippen molar-refractivity contribution in [2.75, 3.05) is 19.7 Å². The minimum atomic E-state index is -1.45. The zero-order valence-electron chi connectivity index (χ0n) is 9.09. The molecule has 0 bridgehead atoms. The second kappa shape index (κ2) is 4.64. The molecule has 0 aromatic heterocycles. The summed E-state index contributed by atoms with van der Waals surface area (Å²) in [6, 6.07) is 0.615. The Kier molecular flexibility index (Phi) is 3.37. The third kappa shape index (κ3) is 1.92. The molecule has 1 aromatic rings. The number of benzene rings is 1. The first kappa shape index (κ1) is 12.3. The minimum Gasteiger partial charge on any atom is -0.395 e. The van der Waals surface area contributed by atoms with E-state index in [0.29, 0.717) is 12.1 Å². The molecule has 1 aromatic carbocycles. The molecular weight excluding hydrogens is 233 g/mol. The van der Waals surface area contributed by atoms with Crippen molar-refractivity contribution in [3.05, 3.63) is 34.6 Å². The number of halogens is 3. The molecule has 0 aliphatic carbocycles. The summed E-state index contributed by atoms with van der Waals surface area (Å²) in [5.74, 6) is -3.81. The van der Waals surface area contributed by atoms with Gasteiger partial charge in [0.1, 0.15) is 0 Å². The van der Waals surface area contributed by atoms with Crippen LogP contribution < -0.4 is 5.73 Å². The summed E-state index contributed by atoms with van der Waals surface area (Å²) in [5, 5.41) is 8.87. The number of hydrogen-bond acceptors (Lipinski definition) is 3. The van der Waals surface area contributed by atoms with Gasteiger partial charge >= 0.3 is 0 Å². The first-order valence-corrected chi connectivity index (χ1v) is 5.31. The Bertz CT molecular complexity index is 439. The van der Waals surface area contributed by atoms with Crippen LogP contribution in [-0.4, -0.2) is 29.7 Å². The van der Waals surface area contributed by atoms with E-state index in [1.807, 2.05) is 0 Å². The molecule has 0 saturated heterocycles. The highest BCUT2D eigenvalue weighted by Crippen LogP contribution is 2.35. The van der Waals surface area contributed by atoms with Gasteiger partial charge in [0.15, 0.2) is 17.5 Å². The van der Waals surface area contributed by atoms with E-state index in [9.17, 15) is 13.2 Å². The van der Waals surface area contributed by atoms with Crippen molar-refractivity contribution >= 4 is 0 Å². The molecule has 3 N–H and O–H groups in total. The third-order valence-electron chi connectivity index (χ3n) is 3.07. The van der Waals surface area contributed by atoms with Crippen LogP contribution in [0.4, 0.5) is 13.2 Å². The summed E-state index contributed by atoms with van der Waals surface area (Å²) >= 11 is 0. The number of fused-ring (bicyclic) bond motifs is 1. The molecule has 0 fully saturated rings. The second-order valence-corrected chi connectivity index (χ2v) is 4.00. The number of rotatable bonds is 3. The maximum Gasteiger partial charge on any atom is 0.194 e. The fraction of sp³-hybridized carbons (Fsp3) is 0.455. The van der Waals surface area contributed by atoms with Crippen LogP contribution in [0.3, 0.4) is 0 Å². The molecule has 0 radical (unpaired) electrons. The molecule has 0 amide bonds. The van der Waals surface area contributed by atoms with Gasteiger partial charge in [-0.3, -0.25) is 4.90 Å². The van der Waals surface area contributed by atoms with Crippen LogP contribution in [0, 0.1) is 17.5 Å². The van der Waals surface area contributed by atoms with Crippen LogP contribution >= 0.6 is 0 Å². The minimum absolute atomic E-state index is 0.114. The zero-order valence-corrected chi connectivity index (χ0v) is 9.09. The maximum atomic E-state index is 13.5. The summed E-state index contributed by atoms with van der Waals surface area (Å²) in [6.07, 6.45) is 0. The SMILES string of the molecule is NCC1c2cc(F)c(F)c(F)c2CN1CCO. The molecule has 0 spiro atoms. The van der Waals surface area contributed by atoms with Gasteiger partial charge in [-0.1, -0.05) is 0 Å². The molecule has 94 valence electrons. The highest BCUT2D eigenvalue weighted by atomic mass is 19.2. The molecular formula is C11H13F3N2O. The lowest BCUT2D eigenvalue weighted by Crippen LogP contribution is -2.30. The maximum absolute atomic E-state index is 13.5. The Hall–Kier alpha value is -1.11.